The van der Waals surface area contributed by atoms with Crippen LogP contribution in [-0.4, -0.2) is 31.0 Å². The molecule has 1 saturated heterocycles. The summed E-state index contributed by atoms with van der Waals surface area (Å²) in [5, 5.41) is 0. The molecule has 1 amide bonds. The summed E-state index contributed by atoms with van der Waals surface area (Å²) in [6.07, 6.45) is 3.70. The fourth-order valence-electron chi connectivity index (χ4n) is 4.75. The van der Waals surface area contributed by atoms with Crippen LogP contribution in [0, 0.1) is 0 Å². The lowest BCUT2D eigenvalue weighted by atomic mass is 9.63. The van der Waals surface area contributed by atoms with Gasteiger partial charge in [0.25, 0.3) is 0 Å². The average Bonchev–Trinajstić information content (AvgIpc) is 2.65. The molecule has 1 aliphatic carbocycles. The molecule has 0 N–H and O–H groups in total. The van der Waals surface area contributed by atoms with E-state index in [1.807, 2.05) is 24.1 Å². The van der Waals surface area contributed by atoms with Gasteiger partial charge in [-0.3, -0.25) is 4.79 Å². The first kappa shape index (κ1) is 16.2. The number of ether oxygens (including phenoxy) is 1. The first-order valence-electron chi connectivity index (χ1n) is 9.06. The highest BCUT2D eigenvalue weighted by Crippen LogP contribution is 2.46. The van der Waals surface area contributed by atoms with Crippen LogP contribution in [0.4, 0.5) is 0 Å². The molecule has 1 heterocycles. The summed E-state index contributed by atoms with van der Waals surface area (Å²) in [6.45, 7) is 2.34. The second-order valence-electron chi connectivity index (χ2n) is 7.58. The Bertz CT molecular complexity index is 811. The lowest BCUT2D eigenvalue weighted by Gasteiger charge is -2.50. The second kappa shape index (κ2) is 5.91. The number of hydrogen-bond acceptors (Lipinski definition) is 2. The first-order valence-corrected chi connectivity index (χ1v) is 9.06. The zero-order valence-corrected chi connectivity index (χ0v) is 15.2. The van der Waals surface area contributed by atoms with Gasteiger partial charge in [0.15, 0.2) is 0 Å². The Morgan fingerprint density at radius 3 is 2.52 bits per heavy atom. The number of nitrogens with zero attached hydrogens (tertiary/aromatic N) is 1. The third kappa shape index (κ3) is 2.53. The van der Waals surface area contributed by atoms with Crippen LogP contribution < -0.4 is 4.74 Å². The lowest BCUT2D eigenvalue weighted by molar-refractivity contribution is -0.138. The molecule has 1 aliphatic heterocycles. The number of carbonyl (C=O) groups excluding carboxylic acids is 1. The molecule has 3 heteroatoms. The van der Waals surface area contributed by atoms with Crippen molar-refractivity contribution in [3.8, 4) is 16.9 Å². The second-order valence-corrected chi connectivity index (χ2v) is 7.58. The maximum absolute atomic E-state index is 12.1. The number of piperidine rings is 1. The van der Waals surface area contributed by atoms with Crippen molar-refractivity contribution in [1.29, 1.82) is 0 Å². The van der Waals surface area contributed by atoms with E-state index in [2.05, 4.69) is 37.3 Å². The third-order valence-corrected chi connectivity index (χ3v) is 6.29. The standard InChI is InChI=1S/C22H25NO2/c1-22-13-12-21(24)23(2)20(22)11-7-17-14-16(6-10-19(17)22)15-4-8-18(25-3)9-5-15/h4-6,8-10,14,20H,7,11-13H2,1-3H3/t20-,22-/m1/s1. The van der Waals surface area contributed by atoms with Gasteiger partial charge in [-0.05, 0) is 53.6 Å². The van der Waals surface area contributed by atoms with E-state index in [4.69, 9.17) is 4.74 Å². The number of benzene rings is 2. The molecule has 0 radical (unpaired) electrons. The minimum absolute atomic E-state index is 0.0781. The smallest absolute Gasteiger partial charge is 0.222 e. The van der Waals surface area contributed by atoms with Crippen molar-refractivity contribution in [3.05, 3.63) is 53.6 Å². The summed E-state index contributed by atoms with van der Waals surface area (Å²) < 4.78 is 5.25. The molecule has 0 aromatic heterocycles. The molecule has 0 saturated carbocycles. The Kier molecular flexibility index (Phi) is 3.82. The van der Waals surface area contributed by atoms with Crippen molar-refractivity contribution >= 4 is 5.91 Å². The van der Waals surface area contributed by atoms with Crippen LogP contribution in [0.1, 0.15) is 37.3 Å². The molecule has 25 heavy (non-hydrogen) atoms. The number of likely N-dealkylation sites (tertiary alicyclic amines) is 1. The highest BCUT2D eigenvalue weighted by atomic mass is 16.5. The number of methoxy groups -OCH3 is 1. The number of amides is 1. The summed E-state index contributed by atoms with van der Waals surface area (Å²) in [5.74, 6) is 1.17. The predicted octanol–water partition coefficient (Wildman–Crippen LogP) is 4.19. The number of fused-ring (bicyclic) bond motifs is 3. The zero-order chi connectivity index (χ0) is 17.6. The molecule has 2 atom stereocenters. The summed E-state index contributed by atoms with van der Waals surface area (Å²) in [6, 6.07) is 15.4. The molecule has 2 aromatic carbocycles. The Balaban J connectivity index is 1.71. The number of aryl methyl sites for hydroxylation is 1. The van der Waals surface area contributed by atoms with Crippen LogP contribution in [0.3, 0.4) is 0 Å². The lowest BCUT2D eigenvalue weighted by Crippen LogP contribution is -2.56. The Morgan fingerprint density at radius 1 is 1.08 bits per heavy atom. The average molecular weight is 335 g/mol. The van der Waals surface area contributed by atoms with Crippen molar-refractivity contribution in [2.24, 2.45) is 0 Å². The van der Waals surface area contributed by atoms with Gasteiger partial charge in [-0.2, -0.15) is 0 Å². The van der Waals surface area contributed by atoms with Gasteiger partial charge in [-0.1, -0.05) is 37.3 Å². The molecular weight excluding hydrogens is 310 g/mol. The summed E-state index contributed by atoms with van der Waals surface area (Å²) >= 11 is 0. The van der Waals surface area contributed by atoms with E-state index in [0.29, 0.717) is 18.4 Å². The number of likely N-dealkylation sites (N-methyl/N-ethyl adjacent to an activating group) is 1. The molecule has 0 spiro atoms. The van der Waals surface area contributed by atoms with Crippen LogP contribution in [0.2, 0.25) is 0 Å². The van der Waals surface area contributed by atoms with Crippen molar-refractivity contribution in [1.82, 2.24) is 4.90 Å². The van der Waals surface area contributed by atoms with E-state index in [-0.39, 0.29) is 5.41 Å². The fraction of sp³-hybridized carbons (Fsp3) is 0.409. The molecule has 0 unspecified atom stereocenters. The van der Waals surface area contributed by atoms with Gasteiger partial charge in [-0.15, -0.1) is 0 Å². The zero-order valence-electron chi connectivity index (χ0n) is 15.2. The van der Waals surface area contributed by atoms with Gasteiger partial charge < -0.3 is 9.64 Å². The maximum Gasteiger partial charge on any atom is 0.222 e. The minimum Gasteiger partial charge on any atom is -0.497 e. The van der Waals surface area contributed by atoms with Crippen molar-refractivity contribution < 1.29 is 9.53 Å². The maximum atomic E-state index is 12.1. The van der Waals surface area contributed by atoms with Gasteiger partial charge in [-0.25, -0.2) is 0 Å². The van der Waals surface area contributed by atoms with E-state index >= 15 is 0 Å². The number of rotatable bonds is 2. The normalized spacial score (nSPS) is 25.3. The Hall–Kier alpha value is -2.29. The topological polar surface area (TPSA) is 29.5 Å². The fourth-order valence-corrected chi connectivity index (χ4v) is 4.75. The van der Waals surface area contributed by atoms with Gasteiger partial charge in [0.05, 0.1) is 7.11 Å². The van der Waals surface area contributed by atoms with Crippen molar-refractivity contribution in [2.45, 2.75) is 44.1 Å². The first-order chi connectivity index (χ1) is 12.0. The molecular formula is C22H25NO2. The van der Waals surface area contributed by atoms with Crippen molar-refractivity contribution in [3.63, 3.8) is 0 Å². The molecule has 0 bridgehead atoms. The van der Waals surface area contributed by atoms with E-state index in [1.165, 1.54) is 22.3 Å². The van der Waals surface area contributed by atoms with Crippen LogP contribution in [0.25, 0.3) is 11.1 Å². The van der Waals surface area contributed by atoms with Crippen LogP contribution in [0.5, 0.6) is 5.75 Å². The van der Waals surface area contributed by atoms with Gasteiger partial charge in [0, 0.05) is 24.9 Å². The van der Waals surface area contributed by atoms with Crippen LogP contribution in [-0.2, 0) is 16.6 Å². The summed E-state index contributed by atoms with van der Waals surface area (Å²) in [4.78, 5) is 14.1. The molecule has 1 fully saturated rings. The van der Waals surface area contributed by atoms with Crippen LogP contribution in [0.15, 0.2) is 42.5 Å². The molecule has 3 nitrogen and oxygen atoms in total. The number of carbonyl (C=O) groups is 1. The largest absolute Gasteiger partial charge is 0.497 e. The summed E-state index contributed by atoms with van der Waals surface area (Å²) in [5.41, 5.74) is 5.42. The Morgan fingerprint density at radius 2 is 1.80 bits per heavy atom. The monoisotopic (exact) mass is 335 g/mol. The quantitative estimate of drug-likeness (QED) is 0.824. The molecule has 130 valence electrons. The van der Waals surface area contributed by atoms with Crippen LogP contribution >= 0.6 is 0 Å². The SMILES string of the molecule is COc1ccc(-c2ccc3c(c2)CC[C@H]2N(C)C(=O)CC[C@]32C)cc1. The van der Waals surface area contributed by atoms with E-state index in [9.17, 15) is 4.79 Å². The third-order valence-electron chi connectivity index (χ3n) is 6.29. The van der Waals surface area contributed by atoms with E-state index in [0.717, 1.165) is 25.0 Å². The van der Waals surface area contributed by atoms with E-state index in [1.54, 1.807) is 7.11 Å². The highest BCUT2D eigenvalue weighted by Gasteiger charge is 2.46. The van der Waals surface area contributed by atoms with Gasteiger partial charge >= 0.3 is 0 Å². The Labute approximate surface area is 149 Å². The van der Waals surface area contributed by atoms with Gasteiger partial charge in [0.1, 0.15) is 5.75 Å². The highest BCUT2D eigenvalue weighted by molar-refractivity contribution is 5.78. The molecule has 2 aliphatic rings. The van der Waals surface area contributed by atoms with Gasteiger partial charge in [0.2, 0.25) is 5.91 Å². The molecule has 2 aromatic rings. The molecule has 4 rings (SSSR count). The van der Waals surface area contributed by atoms with Crippen molar-refractivity contribution in [2.75, 3.05) is 14.2 Å². The number of hydrogen-bond donors (Lipinski definition) is 0. The predicted molar refractivity (Wildman–Crippen MR) is 99.9 cm³/mol. The summed E-state index contributed by atoms with van der Waals surface area (Å²) in [7, 11) is 3.66. The van der Waals surface area contributed by atoms with E-state index < -0.39 is 0 Å². The minimum atomic E-state index is 0.0781.